The number of unbranched alkanes of at least 4 members (excludes halogenated alkanes) is 2. The van der Waals surface area contributed by atoms with Gasteiger partial charge in [-0.1, -0.05) is 38.8 Å². The van der Waals surface area contributed by atoms with Crippen LogP contribution in [0, 0.1) is 5.92 Å². The van der Waals surface area contributed by atoms with Crippen molar-refractivity contribution in [3.8, 4) is 0 Å². The Bertz CT molecular complexity index is 1450. The average Bonchev–Trinajstić information content (AvgIpc) is 3.31. The molecule has 0 saturated heterocycles. The van der Waals surface area contributed by atoms with E-state index in [-0.39, 0.29) is 69.5 Å². The fraction of sp³-hybridized carbons (Fsp3) is 0.761. The second kappa shape index (κ2) is 43.1. The van der Waals surface area contributed by atoms with E-state index in [0.29, 0.717) is 130 Å². The largest absolute Gasteiger partial charge is 0.392 e. The zero-order chi connectivity index (χ0) is 49.9. The Morgan fingerprint density at radius 3 is 1.43 bits per heavy atom. The summed E-state index contributed by atoms with van der Waals surface area (Å²) in [5, 5.41) is 20.0. The number of nitrogens with two attached hydrogens (primary N) is 2. The molecule has 1 rings (SSSR count). The first-order chi connectivity index (χ1) is 32.9. The third-order valence-electron chi connectivity index (χ3n) is 9.55. The van der Waals surface area contributed by atoms with Crippen LogP contribution >= 0.6 is 0 Å². The van der Waals surface area contributed by atoms with E-state index < -0.39 is 29.9 Å². The van der Waals surface area contributed by atoms with Crippen molar-refractivity contribution >= 4 is 35.2 Å². The zero-order valence-electron chi connectivity index (χ0n) is 40.6. The number of aliphatic hydroxyl groups excluding tert-OH is 1. The molecule has 9 N–H and O–H groups in total. The van der Waals surface area contributed by atoms with Crippen LogP contribution in [0.4, 0.5) is 5.69 Å². The molecule has 68 heavy (non-hydrogen) atoms. The van der Waals surface area contributed by atoms with Gasteiger partial charge in [-0.25, -0.2) is 0 Å². The van der Waals surface area contributed by atoms with Crippen LogP contribution in [0.2, 0.25) is 0 Å². The van der Waals surface area contributed by atoms with E-state index in [4.69, 9.17) is 58.8 Å². The van der Waals surface area contributed by atoms with Gasteiger partial charge in [0.1, 0.15) is 12.1 Å². The number of nitrogens with one attached hydrogen (secondary N) is 4. The number of primary amides is 1. The van der Waals surface area contributed by atoms with Gasteiger partial charge in [-0.3, -0.25) is 24.0 Å². The lowest BCUT2D eigenvalue weighted by atomic mass is 10.0. The summed E-state index contributed by atoms with van der Waals surface area (Å²) in [6, 6.07) is 4.37. The topological polar surface area (TPSA) is 298 Å². The molecule has 5 amide bonds. The van der Waals surface area contributed by atoms with E-state index in [1.54, 1.807) is 45.0 Å². The lowest BCUT2D eigenvalue weighted by Gasteiger charge is -2.24. The molecule has 392 valence electrons. The number of rotatable bonds is 47. The van der Waals surface area contributed by atoms with Crippen LogP contribution < -0.4 is 32.7 Å². The van der Waals surface area contributed by atoms with E-state index in [1.165, 1.54) is 0 Å². The Morgan fingerprint density at radius 1 is 0.529 bits per heavy atom. The van der Waals surface area contributed by atoms with Gasteiger partial charge in [-0.15, -0.1) is 0 Å². The van der Waals surface area contributed by atoms with Gasteiger partial charge < -0.3 is 85.2 Å². The normalized spacial score (nSPS) is 12.7. The van der Waals surface area contributed by atoms with Gasteiger partial charge in [-0.2, -0.15) is 0 Å². The molecule has 0 aliphatic heterocycles. The fourth-order valence-electron chi connectivity index (χ4n) is 5.65. The molecule has 0 radical (unpaired) electrons. The van der Waals surface area contributed by atoms with Crippen molar-refractivity contribution < 1.29 is 76.4 Å². The highest BCUT2D eigenvalue weighted by atomic mass is 16.6. The van der Waals surface area contributed by atoms with Gasteiger partial charge >= 0.3 is 0 Å². The number of benzene rings is 1. The average molecular weight is 975 g/mol. The number of hydrogen-bond acceptors (Lipinski definition) is 17. The zero-order valence-corrected chi connectivity index (χ0v) is 40.6. The molecule has 0 spiro atoms. The summed E-state index contributed by atoms with van der Waals surface area (Å²) >= 11 is 0. The maximum atomic E-state index is 12.9. The quantitative estimate of drug-likeness (QED) is 0.0429. The summed E-state index contributed by atoms with van der Waals surface area (Å²) in [5.74, 6) is -2.13. The molecule has 0 aliphatic carbocycles. The maximum absolute atomic E-state index is 12.9. The van der Waals surface area contributed by atoms with E-state index >= 15 is 0 Å². The number of amides is 5. The minimum atomic E-state index is -0.859. The molecule has 1 aromatic rings. The second-order valence-electron chi connectivity index (χ2n) is 15.7. The van der Waals surface area contributed by atoms with Crippen LogP contribution in [0.5, 0.6) is 0 Å². The maximum Gasteiger partial charge on any atom is 0.246 e. The van der Waals surface area contributed by atoms with Gasteiger partial charge in [0.2, 0.25) is 29.5 Å². The summed E-state index contributed by atoms with van der Waals surface area (Å²) in [5.41, 5.74) is 12.3. The molecular weight excluding hydrogens is 893 g/mol. The number of carbonyl (C=O) groups is 5. The van der Waals surface area contributed by atoms with Crippen molar-refractivity contribution in [2.24, 2.45) is 17.4 Å². The summed E-state index contributed by atoms with van der Waals surface area (Å²) in [7, 11) is 0. The van der Waals surface area contributed by atoms with E-state index in [9.17, 15) is 29.1 Å². The first-order valence-corrected chi connectivity index (χ1v) is 23.6. The lowest BCUT2D eigenvalue weighted by molar-refractivity contribution is -0.132. The van der Waals surface area contributed by atoms with Gasteiger partial charge in [0.25, 0.3) is 0 Å². The number of hydrogen-bond donors (Lipinski definition) is 7. The molecule has 0 bridgehead atoms. The highest BCUT2D eigenvalue weighted by Crippen LogP contribution is 2.11. The van der Waals surface area contributed by atoms with E-state index in [0.717, 1.165) is 19.3 Å². The number of carbonyl (C=O) groups excluding carboxylic acids is 5. The molecule has 1 aromatic carbocycles. The second-order valence-corrected chi connectivity index (χ2v) is 15.7. The van der Waals surface area contributed by atoms with Crippen LogP contribution in [-0.2, 0) is 77.9 Å². The number of anilines is 1. The highest BCUT2D eigenvalue weighted by molar-refractivity contribution is 5.98. The van der Waals surface area contributed by atoms with Crippen LogP contribution in [0.25, 0.3) is 0 Å². The Hall–Kier alpha value is -3.91. The third-order valence-corrected chi connectivity index (χ3v) is 9.55. The van der Waals surface area contributed by atoms with Crippen molar-refractivity contribution in [3.63, 3.8) is 0 Å². The Morgan fingerprint density at radius 2 is 0.971 bits per heavy atom. The molecule has 0 aromatic heterocycles. The first kappa shape index (κ1) is 62.1. The molecule has 0 heterocycles. The van der Waals surface area contributed by atoms with Gasteiger partial charge in [0.05, 0.1) is 138 Å². The SMILES string of the molecule is CC(C)[C@H](NC(=O)CCOCCOCCNC(=O)[C@@H](N)CCCCCOCCOCCOCCOCCOCCOCCOCCOCCC(N)=O)C(=O)N[C@@H](C)C(=O)Nc1ccc(CO)cc1. The van der Waals surface area contributed by atoms with Crippen LogP contribution in [0.15, 0.2) is 24.3 Å². The number of aliphatic hydroxyl groups is 1. The van der Waals surface area contributed by atoms with Crippen LogP contribution in [0.1, 0.15) is 64.9 Å². The minimum absolute atomic E-state index is 0.0292. The minimum Gasteiger partial charge on any atom is -0.392 e. The standard InChI is InChI=1S/C46H82N6O16/c1-36(2)43(46(58)50-37(3)44(56)51-39-10-8-38(35-53)9-11-39)52-42(55)13-17-61-20-22-62-18-14-49-45(57)40(47)7-5-4-6-15-59-19-23-63-25-27-65-29-31-67-33-34-68-32-30-66-28-26-64-24-21-60-16-12-41(48)54/h8-11,36-37,40,43,53H,4-7,12-35,47H2,1-3H3,(H2,48,54)(H,49,57)(H,50,58)(H,51,56)(H,52,55)/t37-,40-,43-/m0/s1. The molecule has 0 fully saturated rings. The summed E-state index contributed by atoms with van der Waals surface area (Å²) in [6.07, 6.45) is 3.34. The summed E-state index contributed by atoms with van der Waals surface area (Å²) < 4.78 is 54.5. The summed E-state index contributed by atoms with van der Waals surface area (Å²) in [6.45, 7) is 13.6. The molecule has 3 atom stereocenters. The van der Waals surface area contributed by atoms with Gasteiger partial charge in [0.15, 0.2) is 0 Å². The highest BCUT2D eigenvalue weighted by Gasteiger charge is 2.27. The third kappa shape index (κ3) is 36.1. The number of ether oxygens (including phenoxy) is 10. The Balaban J connectivity index is 1.88. The van der Waals surface area contributed by atoms with Crippen molar-refractivity contribution in [1.82, 2.24) is 16.0 Å². The van der Waals surface area contributed by atoms with Crippen molar-refractivity contribution in [1.29, 1.82) is 0 Å². The molecule has 22 nitrogen and oxygen atoms in total. The van der Waals surface area contributed by atoms with E-state index in [2.05, 4.69) is 21.3 Å². The lowest BCUT2D eigenvalue weighted by Crippen LogP contribution is -2.53. The smallest absolute Gasteiger partial charge is 0.246 e. The van der Waals surface area contributed by atoms with Crippen LogP contribution in [0.3, 0.4) is 0 Å². The monoisotopic (exact) mass is 975 g/mol. The van der Waals surface area contributed by atoms with Gasteiger partial charge in [-0.05, 0) is 43.4 Å². The van der Waals surface area contributed by atoms with Crippen LogP contribution in [-0.4, -0.2) is 191 Å². The molecule has 0 saturated carbocycles. The molecule has 22 heteroatoms. The van der Waals surface area contributed by atoms with E-state index in [1.807, 2.05) is 0 Å². The van der Waals surface area contributed by atoms with Gasteiger partial charge in [0, 0.05) is 31.7 Å². The van der Waals surface area contributed by atoms with Crippen molar-refractivity contribution in [2.45, 2.75) is 84.0 Å². The predicted octanol–water partition coefficient (Wildman–Crippen LogP) is 0.198. The predicted molar refractivity (Wildman–Crippen MR) is 251 cm³/mol. The molecule has 0 aliphatic rings. The molecule has 0 unspecified atom stereocenters. The molecular formula is C46H82N6O16. The summed E-state index contributed by atoms with van der Waals surface area (Å²) in [4.78, 5) is 61.0. The Labute approximate surface area is 402 Å². The Kier molecular flexibility index (Phi) is 39.4. The van der Waals surface area contributed by atoms with Crippen molar-refractivity contribution in [3.05, 3.63) is 29.8 Å². The van der Waals surface area contributed by atoms with Crippen molar-refractivity contribution in [2.75, 3.05) is 144 Å². The fourth-order valence-corrected chi connectivity index (χ4v) is 5.65. The first-order valence-electron chi connectivity index (χ1n) is 23.6.